The lowest BCUT2D eigenvalue weighted by molar-refractivity contribution is 0.0479. The van der Waals surface area contributed by atoms with E-state index in [1.54, 1.807) is 26.0 Å². The molecule has 6 heteroatoms. The fourth-order valence-corrected chi connectivity index (χ4v) is 3.03. The number of aliphatic hydroxyl groups excluding tert-OH is 1. The van der Waals surface area contributed by atoms with Crippen LogP contribution in [0.4, 0.5) is 5.69 Å². The van der Waals surface area contributed by atoms with Crippen molar-refractivity contribution < 1.29 is 24.2 Å². The summed E-state index contributed by atoms with van der Waals surface area (Å²) in [5, 5.41) is 9.44. The van der Waals surface area contributed by atoms with Crippen molar-refractivity contribution in [1.29, 1.82) is 0 Å². The van der Waals surface area contributed by atoms with E-state index in [2.05, 4.69) is 0 Å². The third kappa shape index (κ3) is 4.06. The third-order valence-electron chi connectivity index (χ3n) is 4.14. The highest BCUT2D eigenvalue weighted by Crippen LogP contribution is 2.29. The number of carbonyl (C=O) groups is 2. The van der Waals surface area contributed by atoms with E-state index in [0.717, 1.165) is 19.4 Å². The Bertz CT molecular complexity index is 587. The first-order valence-corrected chi connectivity index (χ1v) is 8.45. The molecule has 2 rings (SSSR count). The monoisotopic (exact) mass is 335 g/mol. The van der Waals surface area contributed by atoms with E-state index in [1.807, 2.05) is 11.0 Å². The van der Waals surface area contributed by atoms with Gasteiger partial charge in [0.2, 0.25) is 0 Å². The second-order valence-electron chi connectivity index (χ2n) is 5.78. The molecule has 24 heavy (non-hydrogen) atoms. The molecule has 0 saturated carbocycles. The van der Waals surface area contributed by atoms with Gasteiger partial charge in [-0.2, -0.15) is 0 Å². The van der Waals surface area contributed by atoms with Crippen LogP contribution in [0.1, 0.15) is 47.4 Å². The summed E-state index contributed by atoms with van der Waals surface area (Å²) in [4.78, 5) is 26.8. The van der Waals surface area contributed by atoms with Crippen LogP contribution < -0.4 is 4.90 Å². The summed E-state index contributed by atoms with van der Waals surface area (Å²) >= 11 is 0. The average molecular weight is 335 g/mol. The topological polar surface area (TPSA) is 76.1 Å². The molecular formula is C18H25NO5. The van der Waals surface area contributed by atoms with Gasteiger partial charge in [-0.1, -0.05) is 6.07 Å². The van der Waals surface area contributed by atoms with Crippen LogP contribution in [0.25, 0.3) is 0 Å². The molecule has 0 radical (unpaired) electrons. The Balaban J connectivity index is 2.44. The first-order chi connectivity index (χ1) is 11.6. The van der Waals surface area contributed by atoms with Crippen LogP contribution in [-0.4, -0.2) is 50.0 Å². The van der Waals surface area contributed by atoms with Gasteiger partial charge in [0, 0.05) is 19.7 Å². The Kier molecular flexibility index (Phi) is 6.61. The summed E-state index contributed by atoms with van der Waals surface area (Å²) in [6.45, 7) is 5.46. The number of esters is 2. The first-order valence-electron chi connectivity index (χ1n) is 8.45. The first kappa shape index (κ1) is 18.3. The second-order valence-corrected chi connectivity index (χ2v) is 5.78. The molecule has 1 atom stereocenters. The molecule has 0 bridgehead atoms. The van der Waals surface area contributed by atoms with Crippen LogP contribution in [0.15, 0.2) is 18.2 Å². The number of aliphatic hydroxyl groups is 1. The molecule has 0 aromatic heterocycles. The van der Waals surface area contributed by atoms with Gasteiger partial charge in [-0.3, -0.25) is 0 Å². The van der Waals surface area contributed by atoms with Gasteiger partial charge in [0.25, 0.3) is 0 Å². The molecule has 1 aromatic rings. The number of hydrogen-bond donors (Lipinski definition) is 1. The van der Waals surface area contributed by atoms with Gasteiger partial charge in [0.05, 0.1) is 30.0 Å². The van der Waals surface area contributed by atoms with E-state index in [9.17, 15) is 14.7 Å². The summed E-state index contributed by atoms with van der Waals surface area (Å²) in [7, 11) is 0. The van der Waals surface area contributed by atoms with Crippen LogP contribution in [-0.2, 0) is 9.47 Å². The molecule has 1 saturated heterocycles. The highest BCUT2D eigenvalue weighted by molar-refractivity contribution is 6.07. The van der Waals surface area contributed by atoms with Gasteiger partial charge in [0.1, 0.15) is 0 Å². The molecule has 0 aliphatic carbocycles. The summed E-state index contributed by atoms with van der Waals surface area (Å²) in [6, 6.07) is 5.14. The fourth-order valence-electron chi connectivity index (χ4n) is 3.03. The van der Waals surface area contributed by atoms with E-state index in [4.69, 9.17) is 9.47 Å². The van der Waals surface area contributed by atoms with Crippen molar-refractivity contribution in [1.82, 2.24) is 0 Å². The Hall–Kier alpha value is -2.08. The zero-order valence-corrected chi connectivity index (χ0v) is 14.3. The molecule has 1 unspecified atom stereocenters. The highest BCUT2D eigenvalue weighted by atomic mass is 16.5. The molecular weight excluding hydrogens is 310 g/mol. The molecule has 1 fully saturated rings. The molecule has 0 spiro atoms. The van der Waals surface area contributed by atoms with Crippen molar-refractivity contribution in [2.75, 3.05) is 37.8 Å². The SMILES string of the molecule is CCOC(=O)c1cccc(N2CCCC(CO)C2)c1C(=O)OCC. The van der Waals surface area contributed by atoms with E-state index >= 15 is 0 Å². The Morgan fingerprint density at radius 3 is 2.58 bits per heavy atom. The van der Waals surface area contributed by atoms with E-state index in [1.165, 1.54) is 0 Å². The van der Waals surface area contributed by atoms with Gasteiger partial charge in [-0.25, -0.2) is 9.59 Å². The molecule has 1 heterocycles. The van der Waals surface area contributed by atoms with Crippen molar-refractivity contribution in [3.63, 3.8) is 0 Å². The lowest BCUT2D eigenvalue weighted by Crippen LogP contribution is -2.38. The Labute approximate surface area is 142 Å². The van der Waals surface area contributed by atoms with Crippen LogP contribution in [0, 0.1) is 5.92 Å². The number of nitrogens with zero attached hydrogens (tertiary/aromatic N) is 1. The average Bonchev–Trinajstić information content (AvgIpc) is 2.61. The van der Waals surface area contributed by atoms with Crippen LogP contribution in [0.2, 0.25) is 0 Å². The number of ether oxygens (including phenoxy) is 2. The Morgan fingerprint density at radius 1 is 1.21 bits per heavy atom. The molecule has 1 aliphatic heterocycles. The van der Waals surface area contributed by atoms with Crippen molar-refractivity contribution >= 4 is 17.6 Å². The van der Waals surface area contributed by atoms with Crippen molar-refractivity contribution in [2.24, 2.45) is 5.92 Å². The lowest BCUT2D eigenvalue weighted by atomic mass is 9.96. The molecule has 1 aliphatic rings. The van der Waals surface area contributed by atoms with Gasteiger partial charge in [0.15, 0.2) is 0 Å². The largest absolute Gasteiger partial charge is 0.462 e. The summed E-state index contributed by atoms with van der Waals surface area (Å²) < 4.78 is 10.2. The van der Waals surface area contributed by atoms with E-state index in [-0.39, 0.29) is 36.9 Å². The van der Waals surface area contributed by atoms with Gasteiger partial charge in [-0.05, 0) is 44.7 Å². The summed E-state index contributed by atoms with van der Waals surface area (Å²) in [6.07, 6.45) is 1.89. The third-order valence-corrected chi connectivity index (χ3v) is 4.14. The molecule has 0 amide bonds. The van der Waals surface area contributed by atoms with Crippen LogP contribution in [0.3, 0.4) is 0 Å². The van der Waals surface area contributed by atoms with Gasteiger partial charge >= 0.3 is 11.9 Å². The maximum Gasteiger partial charge on any atom is 0.341 e. The second kappa shape index (κ2) is 8.68. The number of piperidine rings is 1. The predicted molar refractivity (Wildman–Crippen MR) is 90.4 cm³/mol. The molecule has 132 valence electrons. The number of benzene rings is 1. The van der Waals surface area contributed by atoms with Crippen molar-refractivity contribution in [2.45, 2.75) is 26.7 Å². The van der Waals surface area contributed by atoms with E-state index < -0.39 is 11.9 Å². The van der Waals surface area contributed by atoms with Crippen LogP contribution >= 0.6 is 0 Å². The minimum Gasteiger partial charge on any atom is -0.462 e. The molecule has 1 aromatic carbocycles. The van der Waals surface area contributed by atoms with Crippen LogP contribution in [0.5, 0.6) is 0 Å². The number of hydrogen-bond acceptors (Lipinski definition) is 6. The highest BCUT2D eigenvalue weighted by Gasteiger charge is 2.28. The quantitative estimate of drug-likeness (QED) is 0.804. The number of carbonyl (C=O) groups excluding carboxylic acids is 2. The standard InChI is InChI=1S/C18H25NO5/c1-3-23-17(21)14-8-5-9-15(16(14)18(22)24-4-2)19-10-6-7-13(11-19)12-20/h5,8-9,13,20H,3-4,6-7,10-12H2,1-2H3. The van der Waals surface area contributed by atoms with Gasteiger partial charge < -0.3 is 19.5 Å². The normalized spacial score (nSPS) is 17.5. The molecule has 6 nitrogen and oxygen atoms in total. The van der Waals surface area contributed by atoms with Gasteiger partial charge in [-0.15, -0.1) is 0 Å². The minimum atomic E-state index is -0.530. The fraction of sp³-hybridized carbons (Fsp3) is 0.556. The minimum absolute atomic E-state index is 0.114. The summed E-state index contributed by atoms with van der Waals surface area (Å²) in [5.74, 6) is -0.888. The maximum atomic E-state index is 12.5. The van der Waals surface area contributed by atoms with E-state index in [0.29, 0.717) is 12.2 Å². The summed E-state index contributed by atoms with van der Waals surface area (Å²) in [5.41, 5.74) is 1.13. The number of rotatable bonds is 6. The smallest absolute Gasteiger partial charge is 0.341 e. The predicted octanol–water partition coefficient (Wildman–Crippen LogP) is 2.25. The number of anilines is 1. The Morgan fingerprint density at radius 2 is 1.92 bits per heavy atom. The zero-order chi connectivity index (χ0) is 17.5. The lowest BCUT2D eigenvalue weighted by Gasteiger charge is -2.34. The van der Waals surface area contributed by atoms with Crippen molar-refractivity contribution in [3.8, 4) is 0 Å². The maximum absolute atomic E-state index is 12.5. The molecule has 1 N–H and O–H groups in total. The van der Waals surface area contributed by atoms with Crippen molar-refractivity contribution in [3.05, 3.63) is 29.3 Å². The zero-order valence-electron chi connectivity index (χ0n) is 14.3.